The molecule has 0 fully saturated rings. The molecule has 109 valence electrons. The van der Waals surface area contributed by atoms with Gasteiger partial charge < -0.3 is 0 Å². The van der Waals surface area contributed by atoms with Crippen molar-refractivity contribution in [1.82, 2.24) is 4.13 Å². The Morgan fingerprint density at radius 1 is 0.684 bits per heavy atom. The molecule has 0 unspecified atom stereocenters. The number of alkyl halides is 8. The van der Waals surface area contributed by atoms with E-state index >= 15 is 0 Å². The van der Waals surface area contributed by atoms with Crippen LogP contribution in [0, 0.1) is 0 Å². The fraction of sp³-hybridized carbons (Fsp3) is 1.00. The first kappa shape index (κ1) is 21.2. The Morgan fingerprint density at radius 2 is 1.00 bits per heavy atom. The first-order valence-corrected chi connectivity index (χ1v) is 6.08. The van der Waals surface area contributed by atoms with Crippen LogP contribution in [0.4, 0.5) is 35.1 Å². The Bertz CT molecular complexity index is 517. The van der Waals surface area contributed by atoms with E-state index in [1.807, 2.05) is 0 Å². The first-order valence-electron chi connectivity index (χ1n) is 3.20. The summed E-state index contributed by atoms with van der Waals surface area (Å²) in [6, 6.07) is 0. The van der Waals surface area contributed by atoms with Gasteiger partial charge in [0.15, 0.2) is 0 Å². The second-order valence-electron chi connectivity index (χ2n) is 2.48. The number of rotatable bonds is 3. The van der Waals surface area contributed by atoms with Crippen molar-refractivity contribution < 1.29 is 70.8 Å². The topological polar surface area (TPSA) is 82.4 Å². The third-order valence-corrected chi connectivity index (χ3v) is 4.18. The van der Waals surface area contributed by atoms with E-state index < -0.39 is 37.0 Å². The average molecular weight is 337 g/mol. The van der Waals surface area contributed by atoms with E-state index in [1.165, 1.54) is 0 Å². The molecule has 0 aromatic heterocycles. The Balaban J connectivity index is 0. The Morgan fingerprint density at radius 3 is 1.21 bits per heavy atom. The zero-order chi connectivity index (χ0) is 15.2. The van der Waals surface area contributed by atoms with Crippen molar-refractivity contribution in [2.24, 2.45) is 0 Å². The molecule has 16 heteroatoms. The third kappa shape index (κ3) is 4.18. The second kappa shape index (κ2) is 5.35. The zero-order valence-corrected chi connectivity index (χ0v) is 10.1. The van der Waals surface area contributed by atoms with Gasteiger partial charge in [-0.2, -0.15) is 35.1 Å². The maximum atomic E-state index is 12.2. The molecule has 0 spiro atoms. The molecule has 0 aromatic rings. The molecule has 5 nitrogen and oxygen atoms in total. The maximum Gasteiger partial charge on any atom is 1.00 e. The van der Waals surface area contributed by atoms with Gasteiger partial charge in [0, 0.05) is 4.13 Å². The first-order chi connectivity index (χ1) is 7.46. The van der Waals surface area contributed by atoms with Crippen molar-refractivity contribution in [3.8, 4) is 0 Å². The van der Waals surface area contributed by atoms with E-state index in [0.29, 0.717) is 4.13 Å². The van der Waals surface area contributed by atoms with Crippen molar-refractivity contribution in [3.63, 3.8) is 0 Å². The molecule has 0 saturated heterocycles. The molecule has 19 heavy (non-hydrogen) atoms. The fourth-order valence-corrected chi connectivity index (χ4v) is 2.40. The molecule has 0 aliphatic rings. The minimum atomic E-state index is -7.30. The minimum Gasteiger partial charge on any atom is -0.203 e. The van der Waals surface area contributed by atoms with Crippen molar-refractivity contribution in [2.45, 2.75) is 16.9 Å². The largest absolute Gasteiger partial charge is 1.00 e. The van der Waals surface area contributed by atoms with Gasteiger partial charge in [0.2, 0.25) is 0 Å². The van der Waals surface area contributed by atoms with Gasteiger partial charge in [-0.25, -0.2) is 16.8 Å². The molecule has 0 saturated carbocycles. The van der Waals surface area contributed by atoms with Crippen LogP contribution in [0.25, 0.3) is 0 Å². The number of halogens is 8. The van der Waals surface area contributed by atoms with Crippen LogP contribution in [0.3, 0.4) is 0 Å². The van der Waals surface area contributed by atoms with Gasteiger partial charge in [0.05, 0.1) is 0 Å². The van der Waals surface area contributed by atoms with Crippen molar-refractivity contribution in [2.75, 3.05) is 0 Å². The quantitative estimate of drug-likeness (QED) is 0.438. The van der Waals surface area contributed by atoms with Crippen LogP contribution in [0.1, 0.15) is 0 Å². The average Bonchev–Trinajstić information content (AvgIpc) is 1.96. The molecule has 0 rings (SSSR count). The third-order valence-electron chi connectivity index (χ3n) is 1.14. The van der Waals surface area contributed by atoms with Crippen molar-refractivity contribution in [3.05, 3.63) is 0 Å². The monoisotopic (exact) mass is 337 g/mol. The van der Waals surface area contributed by atoms with Crippen LogP contribution < -0.4 is 23.0 Å². The van der Waals surface area contributed by atoms with Gasteiger partial charge in [0.1, 0.15) is 0 Å². The van der Waals surface area contributed by atoms with E-state index in [2.05, 4.69) is 0 Å². The second-order valence-corrected chi connectivity index (χ2v) is 5.96. The Hall–Kier alpha value is -0.103. The molecule has 0 aliphatic carbocycles. The summed E-state index contributed by atoms with van der Waals surface area (Å²) in [4.78, 5) is 0. The number of sulfonamides is 2. The SMILES string of the molecule is O=S(=O)([N]S(=O)(=O)C(F)(F)C(F)(F)F)C(F)(F)F.[Li+]. The van der Waals surface area contributed by atoms with Crippen LogP contribution in [0.15, 0.2) is 0 Å². The van der Waals surface area contributed by atoms with Gasteiger partial charge in [-0.1, -0.05) is 0 Å². The molecular weight excluding hydrogens is 337 g/mol. The Kier molecular flexibility index (Phi) is 5.97. The van der Waals surface area contributed by atoms with Crippen molar-refractivity contribution >= 4 is 20.0 Å². The van der Waals surface area contributed by atoms with E-state index in [1.54, 1.807) is 0 Å². The molecule has 1 radical (unpaired) electrons. The van der Waals surface area contributed by atoms with Crippen LogP contribution in [0.5, 0.6) is 0 Å². The number of hydrogen-bond donors (Lipinski definition) is 0. The minimum absolute atomic E-state index is 0. The van der Waals surface area contributed by atoms with E-state index in [-0.39, 0.29) is 18.9 Å². The summed E-state index contributed by atoms with van der Waals surface area (Å²) >= 11 is 0. The van der Waals surface area contributed by atoms with Gasteiger partial charge in [0.25, 0.3) is 0 Å². The summed E-state index contributed by atoms with van der Waals surface area (Å²) in [5, 5.41) is -6.77. The predicted molar refractivity (Wildman–Crippen MR) is 37.0 cm³/mol. The van der Waals surface area contributed by atoms with Gasteiger partial charge >= 0.3 is 55.8 Å². The summed E-state index contributed by atoms with van der Waals surface area (Å²) < 4.78 is 135. The zero-order valence-electron chi connectivity index (χ0n) is 8.42. The molecule has 0 bridgehead atoms. The summed E-state index contributed by atoms with van der Waals surface area (Å²) in [5.41, 5.74) is -6.43. The predicted octanol–water partition coefficient (Wildman–Crippen LogP) is -2.07. The van der Waals surface area contributed by atoms with Crippen LogP contribution >= 0.6 is 0 Å². The van der Waals surface area contributed by atoms with Crippen LogP contribution in [-0.4, -0.2) is 33.8 Å². The van der Waals surface area contributed by atoms with E-state index in [0.717, 1.165) is 0 Å². The molecule has 0 aliphatic heterocycles. The van der Waals surface area contributed by atoms with Gasteiger partial charge in [-0.15, -0.1) is 0 Å². The van der Waals surface area contributed by atoms with Crippen molar-refractivity contribution in [1.29, 1.82) is 0 Å². The summed E-state index contributed by atoms with van der Waals surface area (Å²) in [6.07, 6.45) is -6.82. The van der Waals surface area contributed by atoms with Crippen LogP contribution in [0.2, 0.25) is 0 Å². The smallest absolute Gasteiger partial charge is 0.203 e. The molecule has 0 aromatic carbocycles. The normalized spacial score (nSPS) is 14.9. The molecule has 0 N–H and O–H groups in total. The Labute approximate surface area is 112 Å². The maximum absolute atomic E-state index is 12.2. The molecule has 0 amide bonds. The standard InChI is InChI=1S/C3F8NO4S2.Li/c4-1(5,6)2(7,8)17(13,14)12-18(15,16)3(9,10)11;/q;+1. The molecule has 0 atom stereocenters. The number of hydrogen-bond acceptors (Lipinski definition) is 4. The van der Waals surface area contributed by atoms with Gasteiger partial charge in [-0.05, 0) is 0 Å². The number of nitrogens with zero attached hydrogens (tertiary/aromatic N) is 1. The summed E-state index contributed by atoms with van der Waals surface area (Å²) in [6.45, 7) is 0. The molecule has 0 heterocycles. The summed E-state index contributed by atoms with van der Waals surface area (Å²) in [5.74, 6) is 0. The van der Waals surface area contributed by atoms with E-state index in [9.17, 15) is 52.0 Å². The summed E-state index contributed by atoms with van der Waals surface area (Å²) in [7, 11) is -14.3. The van der Waals surface area contributed by atoms with Crippen LogP contribution in [-0.2, 0) is 20.0 Å². The molecular formula is C3F8LiNO4S2+. The fourth-order valence-electron chi connectivity index (χ4n) is 0.364. The van der Waals surface area contributed by atoms with E-state index in [4.69, 9.17) is 0 Å². The van der Waals surface area contributed by atoms with Gasteiger partial charge in [-0.3, -0.25) is 0 Å².